The molecule has 4 heteroatoms. The second kappa shape index (κ2) is 3.49. The van der Waals surface area contributed by atoms with Gasteiger partial charge < -0.3 is 15.1 Å². The summed E-state index contributed by atoms with van der Waals surface area (Å²) >= 11 is 0. The number of aromatic hydroxyl groups is 1. The van der Waals surface area contributed by atoms with E-state index in [9.17, 15) is 5.21 Å². The fourth-order valence-corrected chi connectivity index (χ4v) is 0.800. The minimum atomic E-state index is 0.0222. The number of ether oxygens (including phenoxy) is 1. The van der Waals surface area contributed by atoms with E-state index in [0.717, 1.165) is 0 Å². The van der Waals surface area contributed by atoms with E-state index in [2.05, 4.69) is 11.1 Å². The molecule has 0 fully saturated rings. The summed E-state index contributed by atoms with van der Waals surface area (Å²) < 4.78 is 4.80. The van der Waals surface area contributed by atoms with Gasteiger partial charge in [0.05, 0.1) is 7.11 Å². The van der Waals surface area contributed by atoms with Gasteiger partial charge in [0.2, 0.25) is 0 Å². The normalized spacial score (nSPS) is 8.42. The van der Waals surface area contributed by atoms with E-state index in [-0.39, 0.29) is 5.75 Å². The van der Waals surface area contributed by atoms with Gasteiger partial charge in [-0.1, -0.05) is 0 Å². The van der Waals surface area contributed by atoms with Crippen LogP contribution < -0.4 is 4.74 Å². The lowest BCUT2D eigenvalue weighted by Crippen LogP contribution is -1.84. The highest BCUT2D eigenvalue weighted by Gasteiger charge is 2.03. The Labute approximate surface area is 69.4 Å². The largest absolute Gasteiger partial charge is 0.504 e. The van der Waals surface area contributed by atoms with Gasteiger partial charge in [-0.15, -0.1) is 0 Å². The van der Waals surface area contributed by atoms with E-state index < -0.39 is 0 Å². The standard InChI is InChI=1S/C8H7NO3/c1-12-8-4-6(5-9-11)2-3-7(8)10/h2-4,10H,1H3. The zero-order valence-corrected chi connectivity index (χ0v) is 6.44. The van der Waals surface area contributed by atoms with E-state index in [4.69, 9.17) is 9.84 Å². The van der Waals surface area contributed by atoms with Crippen LogP contribution >= 0.6 is 0 Å². The van der Waals surface area contributed by atoms with Crippen molar-refractivity contribution in [2.75, 3.05) is 7.11 Å². The van der Waals surface area contributed by atoms with Crippen LogP contribution in [-0.2, 0) is 0 Å². The third-order valence-corrected chi connectivity index (χ3v) is 1.35. The summed E-state index contributed by atoms with van der Waals surface area (Å²) in [5.41, 5.74) is 0.472. The molecule has 0 aliphatic carbocycles. The number of hydrogen-bond acceptors (Lipinski definition) is 3. The van der Waals surface area contributed by atoms with Crippen molar-refractivity contribution in [3.05, 3.63) is 34.0 Å². The Kier molecular flexibility index (Phi) is 2.38. The van der Waals surface area contributed by atoms with Crippen molar-refractivity contribution < 1.29 is 9.84 Å². The molecule has 0 saturated heterocycles. The first-order chi connectivity index (χ1) is 5.77. The van der Waals surface area contributed by atoms with Crippen LogP contribution in [0.25, 0.3) is 5.01 Å². The topological polar surface area (TPSA) is 56.9 Å². The molecule has 0 radical (unpaired) electrons. The molecule has 0 spiro atoms. The monoisotopic (exact) mass is 165 g/mol. The number of rotatable bonds is 1. The highest BCUT2D eigenvalue weighted by atomic mass is 16.5. The van der Waals surface area contributed by atoms with Gasteiger partial charge in [0.25, 0.3) is 0 Å². The second-order valence-electron chi connectivity index (χ2n) is 2.09. The fourth-order valence-electron chi connectivity index (χ4n) is 0.800. The average Bonchev–Trinajstić information content (AvgIpc) is 2.09. The Morgan fingerprint density at radius 2 is 2.33 bits per heavy atom. The van der Waals surface area contributed by atoms with Crippen molar-refractivity contribution in [3.8, 4) is 17.6 Å². The summed E-state index contributed by atoms with van der Waals surface area (Å²) in [6.07, 6.45) is 0. The Balaban J connectivity index is 3.10. The molecule has 1 rings (SSSR count). The molecule has 1 aromatic carbocycles. The van der Waals surface area contributed by atoms with Gasteiger partial charge in [-0.05, 0) is 12.1 Å². The number of hydrogen-bond donors (Lipinski definition) is 1. The molecule has 0 heterocycles. The smallest absolute Gasteiger partial charge is 0.336 e. The molecule has 0 amide bonds. The zero-order chi connectivity index (χ0) is 8.97. The minimum absolute atomic E-state index is 0.0222. The Hall–Kier alpha value is -1.89. The van der Waals surface area contributed by atoms with Crippen molar-refractivity contribution >= 4 is 0 Å². The molecule has 0 aliphatic rings. The number of phenolic OH excluding ortho intramolecular Hbond substituents is 1. The summed E-state index contributed by atoms with van der Waals surface area (Å²) in [6, 6.07) is 6.58. The maximum Gasteiger partial charge on any atom is 0.336 e. The number of methoxy groups -OCH3 is 1. The third-order valence-electron chi connectivity index (χ3n) is 1.35. The predicted molar refractivity (Wildman–Crippen MR) is 44.4 cm³/mol. The van der Waals surface area contributed by atoms with Crippen LogP contribution in [-0.4, -0.2) is 12.2 Å². The fraction of sp³-hybridized carbons (Fsp3) is 0.125. The van der Waals surface area contributed by atoms with Crippen LogP contribution in [0.1, 0.15) is 5.56 Å². The molecule has 0 bridgehead atoms. The third kappa shape index (κ3) is 1.58. The van der Waals surface area contributed by atoms with Crippen LogP contribution in [0.2, 0.25) is 0 Å². The van der Waals surface area contributed by atoms with Gasteiger partial charge in [-0.2, -0.15) is 0 Å². The number of phenols is 1. The van der Waals surface area contributed by atoms with Gasteiger partial charge in [0.15, 0.2) is 11.5 Å². The summed E-state index contributed by atoms with van der Waals surface area (Å²) in [7, 11) is 1.42. The predicted octanol–water partition coefficient (Wildman–Crippen LogP) is 1.58. The van der Waals surface area contributed by atoms with E-state index in [1.165, 1.54) is 25.3 Å². The number of nitrogens with zero attached hydrogens (tertiary/aromatic N) is 1. The van der Waals surface area contributed by atoms with E-state index in [0.29, 0.717) is 11.3 Å². The van der Waals surface area contributed by atoms with Crippen LogP contribution in [0.15, 0.2) is 18.2 Å². The highest BCUT2D eigenvalue weighted by molar-refractivity contribution is 5.46. The second-order valence-corrected chi connectivity index (χ2v) is 2.09. The van der Waals surface area contributed by atoms with Crippen molar-refractivity contribution in [1.82, 2.24) is 0 Å². The molecule has 62 valence electrons. The Morgan fingerprint density at radius 3 is 2.92 bits per heavy atom. The van der Waals surface area contributed by atoms with Gasteiger partial charge in [-0.25, -0.2) is 0 Å². The number of benzene rings is 1. The first-order valence-corrected chi connectivity index (χ1v) is 3.23. The van der Waals surface area contributed by atoms with Gasteiger partial charge in [0, 0.05) is 11.1 Å². The minimum Gasteiger partial charge on any atom is -0.504 e. The molecule has 12 heavy (non-hydrogen) atoms. The quantitative estimate of drug-likeness (QED) is 0.642. The Bertz CT molecular complexity index is 338. The summed E-state index contributed by atoms with van der Waals surface area (Å²) in [4.78, 5) is 0. The zero-order valence-electron chi connectivity index (χ0n) is 6.44. The highest BCUT2D eigenvalue weighted by Crippen LogP contribution is 2.25. The summed E-state index contributed by atoms with van der Waals surface area (Å²) in [6.45, 7) is 0. The van der Waals surface area contributed by atoms with Crippen LogP contribution in [0, 0.1) is 11.3 Å². The van der Waals surface area contributed by atoms with E-state index >= 15 is 0 Å². The average molecular weight is 165 g/mol. The van der Waals surface area contributed by atoms with E-state index in [1.54, 1.807) is 0 Å². The summed E-state index contributed by atoms with van der Waals surface area (Å²) in [5, 5.41) is 21.4. The molecule has 0 aliphatic heterocycles. The molecule has 1 aromatic rings. The van der Waals surface area contributed by atoms with Gasteiger partial charge in [0.1, 0.15) is 5.56 Å². The van der Waals surface area contributed by atoms with Crippen molar-refractivity contribution in [1.29, 1.82) is 0 Å². The molecule has 1 N–H and O–H groups in total. The van der Waals surface area contributed by atoms with Crippen LogP contribution in [0.4, 0.5) is 0 Å². The molecular weight excluding hydrogens is 158 g/mol. The SMILES string of the molecule is COc1cc(C#[N+][O-])ccc1O. The molecule has 0 aromatic heterocycles. The lowest BCUT2D eigenvalue weighted by atomic mass is 10.2. The first kappa shape index (κ1) is 8.21. The molecule has 0 unspecified atom stereocenters. The van der Waals surface area contributed by atoms with Crippen LogP contribution in [0.3, 0.4) is 0 Å². The van der Waals surface area contributed by atoms with Crippen molar-refractivity contribution in [2.45, 2.75) is 0 Å². The van der Waals surface area contributed by atoms with Crippen molar-refractivity contribution in [2.24, 2.45) is 0 Å². The lowest BCUT2D eigenvalue weighted by molar-refractivity contribution is 0.373. The van der Waals surface area contributed by atoms with Gasteiger partial charge >= 0.3 is 6.07 Å². The lowest BCUT2D eigenvalue weighted by Gasteiger charge is -2.00. The molecular formula is C8H7NO3. The maximum absolute atomic E-state index is 9.79. The Morgan fingerprint density at radius 1 is 1.58 bits per heavy atom. The van der Waals surface area contributed by atoms with E-state index in [1.807, 2.05) is 0 Å². The molecule has 4 nitrogen and oxygen atoms in total. The molecule has 0 saturated carbocycles. The van der Waals surface area contributed by atoms with Gasteiger partial charge in [-0.3, -0.25) is 0 Å². The first-order valence-electron chi connectivity index (χ1n) is 3.23. The molecule has 0 atom stereocenters. The van der Waals surface area contributed by atoms with Crippen molar-refractivity contribution in [3.63, 3.8) is 0 Å². The summed E-state index contributed by atoms with van der Waals surface area (Å²) in [5.74, 6) is 0.317. The van der Waals surface area contributed by atoms with Crippen LogP contribution in [0.5, 0.6) is 11.5 Å². The maximum atomic E-state index is 9.79.